The normalized spacial score (nSPS) is 11.3. The number of alkyl halides is 3. The van der Waals surface area contributed by atoms with Crippen molar-refractivity contribution in [2.75, 3.05) is 20.0 Å². The monoisotopic (exact) mass is 298 g/mol. The SMILES string of the molecule is COc1cc(-c2ncc(C(F)(F)F)cc2OC)ccc1N. The van der Waals surface area contributed by atoms with Gasteiger partial charge in [-0.1, -0.05) is 6.07 Å². The maximum Gasteiger partial charge on any atom is 0.418 e. The molecule has 0 aliphatic rings. The predicted molar refractivity (Wildman–Crippen MR) is 72.2 cm³/mol. The molecule has 2 rings (SSSR count). The van der Waals surface area contributed by atoms with Gasteiger partial charge < -0.3 is 15.2 Å². The predicted octanol–water partition coefficient (Wildman–Crippen LogP) is 3.37. The first-order valence-electron chi connectivity index (χ1n) is 5.92. The Balaban J connectivity index is 2.54. The molecule has 2 N–H and O–H groups in total. The molecule has 0 unspecified atom stereocenters. The molecule has 1 aromatic carbocycles. The quantitative estimate of drug-likeness (QED) is 0.883. The van der Waals surface area contributed by atoms with Gasteiger partial charge in [-0.3, -0.25) is 4.98 Å². The zero-order valence-corrected chi connectivity index (χ0v) is 11.4. The number of methoxy groups -OCH3 is 2. The summed E-state index contributed by atoms with van der Waals surface area (Å²) in [5, 5.41) is 0. The molecule has 0 atom stereocenters. The number of halogens is 3. The van der Waals surface area contributed by atoms with Crippen molar-refractivity contribution in [2.24, 2.45) is 0 Å². The Labute approximate surface area is 119 Å². The molecule has 0 fully saturated rings. The molecule has 0 radical (unpaired) electrons. The fourth-order valence-electron chi connectivity index (χ4n) is 1.83. The number of hydrogen-bond acceptors (Lipinski definition) is 4. The number of nitrogens with two attached hydrogens (primary N) is 1. The second kappa shape index (κ2) is 5.51. The summed E-state index contributed by atoms with van der Waals surface area (Å²) in [4.78, 5) is 3.85. The van der Waals surface area contributed by atoms with Crippen molar-refractivity contribution in [1.29, 1.82) is 0 Å². The van der Waals surface area contributed by atoms with E-state index >= 15 is 0 Å². The third-order valence-electron chi connectivity index (χ3n) is 2.91. The number of benzene rings is 1. The fourth-order valence-corrected chi connectivity index (χ4v) is 1.83. The number of anilines is 1. The largest absolute Gasteiger partial charge is 0.495 e. The van der Waals surface area contributed by atoms with Crippen LogP contribution in [0.5, 0.6) is 11.5 Å². The highest BCUT2D eigenvalue weighted by Crippen LogP contribution is 2.37. The van der Waals surface area contributed by atoms with Gasteiger partial charge in [-0.15, -0.1) is 0 Å². The van der Waals surface area contributed by atoms with Crippen molar-refractivity contribution >= 4 is 5.69 Å². The van der Waals surface area contributed by atoms with Gasteiger partial charge in [0.25, 0.3) is 0 Å². The van der Waals surface area contributed by atoms with Crippen molar-refractivity contribution in [3.05, 3.63) is 36.0 Å². The lowest BCUT2D eigenvalue weighted by atomic mass is 10.1. The van der Waals surface area contributed by atoms with Gasteiger partial charge in [0.1, 0.15) is 17.2 Å². The van der Waals surface area contributed by atoms with Gasteiger partial charge in [0, 0.05) is 11.8 Å². The number of aromatic nitrogens is 1. The second-order valence-electron chi connectivity index (χ2n) is 4.23. The number of pyridine rings is 1. The van der Waals surface area contributed by atoms with E-state index in [1.54, 1.807) is 18.2 Å². The first-order valence-corrected chi connectivity index (χ1v) is 5.92. The van der Waals surface area contributed by atoms with Crippen molar-refractivity contribution in [3.8, 4) is 22.8 Å². The minimum Gasteiger partial charge on any atom is -0.495 e. The molecule has 7 heteroatoms. The van der Waals surface area contributed by atoms with Crippen LogP contribution in [-0.2, 0) is 6.18 Å². The first-order chi connectivity index (χ1) is 9.86. The summed E-state index contributed by atoms with van der Waals surface area (Å²) in [5.74, 6) is 0.438. The molecule has 112 valence electrons. The van der Waals surface area contributed by atoms with Crippen LogP contribution in [0.15, 0.2) is 30.5 Å². The zero-order chi connectivity index (χ0) is 15.6. The van der Waals surface area contributed by atoms with Gasteiger partial charge in [-0.05, 0) is 18.2 Å². The third kappa shape index (κ3) is 3.01. The molecule has 0 bridgehead atoms. The third-order valence-corrected chi connectivity index (χ3v) is 2.91. The van der Waals surface area contributed by atoms with E-state index in [4.69, 9.17) is 15.2 Å². The maximum atomic E-state index is 12.7. The topological polar surface area (TPSA) is 57.4 Å². The number of rotatable bonds is 3. The summed E-state index contributed by atoms with van der Waals surface area (Å²) in [6.07, 6.45) is -3.71. The Morgan fingerprint density at radius 3 is 2.29 bits per heavy atom. The van der Waals surface area contributed by atoms with Gasteiger partial charge in [-0.25, -0.2) is 0 Å². The van der Waals surface area contributed by atoms with Crippen molar-refractivity contribution in [2.45, 2.75) is 6.18 Å². The summed E-state index contributed by atoms with van der Waals surface area (Å²) in [6.45, 7) is 0. The molecule has 1 aromatic heterocycles. The first kappa shape index (κ1) is 15.0. The van der Waals surface area contributed by atoms with E-state index in [-0.39, 0.29) is 11.4 Å². The summed E-state index contributed by atoms with van der Waals surface area (Å²) >= 11 is 0. The van der Waals surface area contributed by atoms with Gasteiger partial charge in [0.2, 0.25) is 0 Å². The van der Waals surface area contributed by atoms with Crippen molar-refractivity contribution < 1.29 is 22.6 Å². The fraction of sp³-hybridized carbons (Fsp3) is 0.214. The smallest absolute Gasteiger partial charge is 0.418 e. The molecular weight excluding hydrogens is 285 g/mol. The molecule has 21 heavy (non-hydrogen) atoms. The molecule has 0 saturated heterocycles. The zero-order valence-electron chi connectivity index (χ0n) is 11.4. The summed E-state index contributed by atoms with van der Waals surface area (Å²) in [7, 11) is 2.74. The minimum absolute atomic E-state index is 0.0247. The maximum absolute atomic E-state index is 12.7. The average Bonchev–Trinajstić information content (AvgIpc) is 2.46. The lowest BCUT2D eigenvalue weighted by Crippen LogP contribution is -2.06. The van der Waals surface area contributed by atoms with Crippen molar-refractivity contribution in [3.63, 3.8) is 0 Å². The molecular formula is C14H13F3N2O2. The molecule has 0 spiro atoms. The van der Waals surface area contributed by atoms with E-state index in [0.717, 1.165) is 12.3 Å². The van der Waals surface area contributed by atoms with Gasteiger partial charge in [0.15, 0.2) is 0 Å². The van der Waals surface area contributed by atoms with Crippen LogP contribution >= 0.6 is 0 Å². The molecule has 2 aromatic rings. The van der Waals surface area contributed by atoms with Crippen LogP contribution in [0.1, 0.15) is 5.56 Å². The van der Waals surface area contributed by atoms with E-state index < -0.39 is 11.7 Å². The van der Waals surface area contributed by atoms with Gasteiger partial charge in [0.05, 0.1) is 25.5 Å². The Hall–Kier alpha value is -2.44. The van der Waals surface area contributed by atoms with Gasteiger partial charge in [-0.2, -0.15) is 13.2 Å². The van der Waals surface area contributed by atoms with Crippen LogP contribution in [-0.4, -0.2) is 19.2 Å². The van der Waals surface area contributed by atoms with E-state index in [0.29, 0.717) is 17.0 Å². The van der Waals surface area contributed by atoms with E-state index in [1.165, 1.54) is 14.2 Å². The highest BCUT2D eigenvalue weighted by molar-refractivity contribution is 5.71. The Morgan fingerprint density at radius 1 is 1.05 bits per heavy atom. The summed E-state index contributed by atoms with van der Waals surface area (Å²) in [6, 6.07) is 5.72. The summed E-state index contributed by atoms with van der Waals surface area (Å²) in [5.41, 5.74) is 6.09. The number of nitrogens with zero attached hydrogens (tertiary/aromatic N) is 1. The summed E-state index contributed by atoms with van der Waals surface area (Å²) < 4.78 is 48.1. The molecule has 0 aliphatic heterocycles. The van der Waals surface area contributed by atoms with Crippen LogP contribution in [0.4, 0.5) is 18.9 Å². The van der Waals surface area contributed by atoms with Crippen LogP contribution < -0.4 is 15.2 Å². The molecule has 4 nitrogen and oxygen atoms in total. The molecule has 0 aliphatic carbocycles. The lowest BCUT2D eigenvalue weighted by Gasteiger charge is -2.13. The number of ether oxygens (including phenoxy) is 2. The standard InChI is InChI=1S/C14H13F3N2O2/c1-20-11-5-8(3-4-10(11)18)13-12(21-2)6-9(7-19-13)14(15,16)17/h3-7H,18H2,1-2H3. The Bertz CT molecular complexity index is 657. The number of hydrogen-bond donors (Lipinski definition) is 1. The van der Waals surface area contributed by atoms with Crippen molar-refractivity contribution in [1.82, 2.24) is 4.98 Å². The number of nitrogen functional groups attached to an aromatic ring is 1. The highest BCUT2D eigenvalue weighted by Gasteiger charge is 2.32. The van der Waals surface area contributed by atoms with Crippen LogP contribution in [0.25, 0.3) is 11.3 Å². The van der Waals surface area contributed by atoms with Crippen LogP contribution in [0.2, 0.25) is 0 Å². The van der Waals surface area contributed by atoms with E-state index in [1.807, 2.05) is 0 Å². The Kier molecular flexibility index (Phi) is 3.93. The Morgan fingerprint density at radius 2 is 1.71 bits per heavy atom. The molecule has 0 saturated carbocycles. The molecule has 1 heterocycles. The van der Waals surface area contributed by atoms with E-state index in [2.05, 4.69) is 4.98 Å². The minimum atomic E-state index is -4.47. The van der Waals surface area contributed by atoms with Gasteiger partial charge >= 0.3 is 6.18 Å². The second-order valence-corrected chi connectivity index (χ2v) is 4.23. The highest BCUT2D eigenvalue weighted by atomic mass is 19.4. The average molecular weight is 298 g/mol. The van der Waals surface area contributed by atoms with Crippen LogP contribution in [0.3, 0.4) is 0 Å². The van der Waals surface area contributed by atoms with Crippen LogP contribution in [0, 0.1) is 0 Å². The molecule has 0 amide bonds. The van der Waals surface area contributed by atoms with E-state index in [9.17, 15) is 13.2 Å². The lowest BCUT2D eigenvalue weighted by molar-refractivity contribution is -0.137.